The van der Waals surface area contributed by atoms with Gasteiger partial charge in [0, 0.05) is 17.5 Å². The molecule has 1 fully saturated rings. The largest absolute Gasteiger partial charge is 0.231 e. The lowest BCUT2D eigenvalue weighted by molar-refractivity contribution is 0.401. The van der Waals surface area contributed by atoms with E-state index in [-0.39, 0.29) is 11.7 Å². The van der Waals surface area contributed by atoms with E-state index in [1.807, 2.05) is 0 Å². The molecule has 0 heterocycles. The molecule has 1 aliphatic carbocycles. The van der Waals surface area contributed by atoms with Gasteiger partial charge in [0.05, 0.1) is 5.75 Å². The predicted molar refractivity (Wildman–Crippen MR) is 86.8 cm³/mol. The summed E-state index contributed by atoms with van der Waals surface area (Å²) in [7, 11) is -3.33. The number of nitrogens with one attached hydrogen (secondary N) is 1. The molecule has 1 aromatic rings. The lowest BCUT2D eigenvalue weighted by atomic mass is 10.2. The molecule has 1 aromatic carbocycles. The minimum absolute atomic E-state index is 0.0538. The third-order valence-corrected chi connectivity index (χ3v) is 6.11. The summed E-state index contributed by atoms with van der Waals surface area (Å²) in [4.78, 5) is 0. The number of benzene rings is 1. The summed E-state index contributed by atoms with van der Waals surface area (Å²) < 4.78 is 38.4. The molecule has 0 radical (unpaired) electrons. The molecule has 1 aliphatic rings. The van der Waals surface area contributed by atoms with Crippen LogP contribution < -0.4 is 4.72 Å². The van der Waals surface area contributed by atoms with Gasteiger partial charge in [-0.15, -0.1) is 0 Å². The Kier molecular flexibility index (Phi) is 5.68. The lowest BCUT2D eigenvalue weighted by Crippen LogP contribution is -2.26. The highest BCUT2D eigenvalue weighted by Gasteiger charge is 2.52. The van der Waals surface area contributed by atoms with Crippen LogP contribution in [-0.2, 0) is 15.8 Å². The molecule has 0 amide bonds. The first kappa shape index (κ1) is 17.2. The van der Waals surface area contributed by atoms with E-state index in [9.17, 15) is 12.8 Å². The van der Waals surface area contributed by atoms with Crippen molar-refractivity contribution >= 4 is 37.6 Å². The first-order chi connectivity index (χ1) is 9.78. The molecule has 2 rings (SSSR count). The maximum atomic E-state index is 13.2. The molecule has 0 spiro atoms. The average Bonchev–Trinajstić information content (AvgIpc) is 2.99. The van der Waals surface area contributed by atoms with Gasteiger partial charge in [0.1, 0.15) is 0 Å². The summed E-state index contributed by atoms with van der Waals surface area (Å²) in [5, 5.41) is 0.583. The molecule has 3 nitrogen and oxygen atoms in total. The van der Waals surface area contributed by atoms with Crippen molar-refractivity contribution in [2.75, 3.05) is 6.54 Å². The Labute approximate surface area is 138 Å². The van der Waals surface area contributed by atoms with Crippen LogP contribution in [0.5, 0.6) is 0 Å². The van der Waals surface area contributed by atoms with E-state index in [4.69, 9.17) is 11.6 Å². The summed E-state index contributed by atoms with van der Waals surface area (Å²) in [6.45, 7) is 0.393. The van der Waals surface area contributed by atoms with Crippen LogP contribution in [0.1, 0.15) is 31.2 Å². The summed E-state index contributed by atoms with van der Waals surface area (Å²) in [6.07, 6.45) is 2.90. The number of sulfonamides is 1. The first-order valence-electron chi connectivity index (χ1n) is 6.88. The van der Waals surface area contributed by atoms with Crippen LogP contribution in [-0.4, -0.2) is 19.5 Å². The SMILES string of the molecule is O=S(=O)(Cc1ccc(Cl)cc1)NCCCCC1CC1(F)Br. The van der Waals surface area contributed by atoms with Gasteiger partial charge < -0.3 is 0 Å². The Morgan fingerprint density at radius 1 is 1.33 bits per heavy atom. The molecule has 2 atom stereocenters. The third kappa shape index (κ3) is 5.85. The maximum absolute atomic E-state index is 13.2. The number of halogens is 3. The fraction of sp³-hybridized carbons (Fsp3) is 0.571. The fourth-order valence-corrected chi connectivity index (χ4v) is 4.11. The van der Waals surface area contributed by atoms with E-state index in [0.717, 1.165) is 19.3 Å². The number of unbranched alkanes of at least 4 members (excludes halogenated alkanes) is 1. The molecule has 0 aliphatic heterocycles. The van der Waals surface area contributed by atoms with Gasteiger partial charge >= 0.3 is 0 Å². The second kappa shape index (κ2) is 6.94. The maximum Gasteiger partial charge on any atom is 0.215 e. The fourth-order valence-electron chi connectivity index (χ4n) is 2.18. The van der Waals surface area contributed by atoms with Gasteiger partial charge in [-0.25, -0.2) is 17.5 Å². The Morgan fingerprint density at radius 2 is 1.95 bits per heavy atom. The van der Waals surface area contributed by atoms with E-state index in [2.05, 4.69) is 20.7 Å². The topological polar surface area (TPSA) is 46.2 Å². The van der Waals surface area contributed by atoms with Crippen molar-refractivity contribution in [3.05, 3.63) is 34.9 Å². The molecule has 1 saturated carbocycles. The Balaban J connectivity index is 1.66. The quantitative estimate of drug-likeness (QED) is 0.531. The zero-order chi connectivity index (χ0) is 15.5. The summed E-state index contributed by atoms with van der Waals surface area (Å²) in [6, 6.07) is 6.74. The molecular weight excluding hydrogens is 381 g/mol. The van der Waals surface area contributed by atoms with E-state index in [0.29, 0.717) is 23.6 Å². The predicted octanol–water partition coefficient (Wildman–Crippen LogP) is 4.01. The summed E-state index contributed by atoms with van der Waals surface area (Å²) >= 11 is 8.76. The van der Waals surface area contributed by atoms with Crippen LogP contribution in [0.25, 0.3) is 0 Å². The van der Waals surface area contributed by atoms with Gasteiger partial charge in [-0.05, 0) is 52.9 Å². The standard InChI is InChI=1S/C14H18BrClFNO2S/c15-14(17)9-12(14)3-1-2-8-18-21(19,20)10-11-4-6-13(16)7-5-11/h4-7,12,18H,1-3,8-10H2. The highest BCUT2D eigenvalue weighted by atomic mass is 79.9. The van der Waals surface area contributed by atoms with Crippen molar-refractivity contribution in [1.29, 1.82) is 0 Å². The second-order valence-electron chi connectivity index (χ2n) is 5.44. The second-order valence-corrected chi connectivity index (χ2v) is 9.00. The smallest absolute Gasteiger partial charge is 0.215 e. The van der Waals surface area contributed by atoms with Crippen molar-refractivity contribution in [3.8, 4) is 0 Å². The molecule has 0 bridgehead atoms. The van der Waals surface area contributed by atoms with Gasteiger partial charge in [-0.1, -0.05) is 30.2 Å². The molecule has 1 N–H and O–H groups in total. The number of hydrogen-bond donors (Lipinski definition) is 1. The van der Waals surface area contributed by atoms with Crippen LogP contribution in [0, 0.1) is 5.92 Å². The van der Waals surface area contributed by atoms with Crippen molar-refractivity contribution < 1.29 is 12.8 Å². The molecular formula is C14H18BrClFNO2S. The van der Waals surface area contributed by atoms with E-state index in [1.165, 1.54) is 0 Å². The van der Waals surface area contributed by atoms with Gasteiger partial charge in [0.15, 0.2) is 4.58 Å². The van der Waals surface area contributed by atoms with Gasteiger partial charge in [0.25, 0.3) is 0 Å². The highest BCUT2D eigenvalue weighted by molar-refractivity contribution is 9.10. The third-order valence-electron chi connectivity index (χ3n) is 3.53. The van der Waals surface area contributed by atoms with Crippen molar-refractivity contribution in [3.63, 3.8) is 0 Å². The van der Waals surface area contributed by atoms with Crippen molar-refractivity contribution in [2.24, 2.45) is 5.92 Å². The van der Waals surface area contributed by atoms with Crippen LogP contribution in [0.3, 0.4) is 0 Å². The minimum atomic E-state index is -3.33. The summed E-state index contributed by atoms with van der Waals surface area (Å²) in [5.41, 5.74) is 0.700. The van der Waals surface area contributed by atoms with E-state index < -0.39 is 14.6 Å². The van der Waals surface area contributed by atoms with Crippen molar-refractivity contribution in [2.45, 2.75) is 36.0 Å². The highest BCUT2D eigenvalue weighted by Crippen LogP contribution is 2.54. The minimum Gasteiger partial charge on any atom is -0.231 e. The van der Waals surface area contributed by atoms with Gasteiger partial charge in [-0.3, -0.25) is 0 Å². The van der Waals surface area contributed by atoms with Crippen LogP contribution >= 0.6 is 27.5 Å². The first-order valence-corrected chi connectivity index (χ1v) is 9.70. The monoisotopic (exact) mass is 397 g/mol. The van der Waals surface area contributed by atoms with Gasteiger partial charge in [-0.2, -0.15) is 0 Å². The van der Waals surface area contributed by atoms with Crippen molar-refractivity contribution in [1.82, 2.24) is 4.72 Å². The molecule has 7 heteroatoms. The normalized spacial score (nSPS) is 25.0. The molecule has 0 saturated heterocycles. The van der Waals surface area contributed by atoms with E-state index in [1.54, 1.807) is 24.3 Å². The van der Waals surface area contributed by atoms with Crippen LogP contribution in [0.4, 0.5) is 4.39 Å². The zero-order valence-corrected chi connectivity index (χ0v) is 14.6. The zero-order valence-electron chi connectivity index (χ0n) is 11.5. The number of rotatable bonds is 8. The number of alkyl halides is 2. The lowest BCUT2D eigenvalue weighted by Gasteiger charge is -2.07. The molecule has 2 unspecified atom stereocenters. The van der Waals surface area contributed by atoms with Crippen LogP contribution in [0.15, 0.2) is 24.3 Å². The Hall–Kier alpha value is -0.170. The molecule has 21 heavy (non-hydrogen) atoms. The average molecular weight is 399 g/mol. The Morgan fingerprint density at radius 3 is 2.52 bits per heavy atom. The van der Waals surface area contributed by atoms with Gasteiger partial charge in [0.2, 0.25) is 10.0 Å². The molecule has 118 valence electrons. The van der Waals surface area contributed by atoms with E-state index >= 15 is 0 Å². The van der Waals surface area contributed by atoms with Crippen LogP contribution in [0.2, 0.25) is 5.02 Å². The number of hydrogen-bond acceptors (Lipinski definition) is 2. The Bertz CT molecular complexity index is 577. The summed E-state index contributed by atoms with van der Waals surface area (Å²) in [5.74, 6) is 0.0325. The molecule has 0 aromatic heterocycles.